The topological polar surface area (TPSA) is 51.5 Å². The highest BCUT2D eigenvalue weighted by atomic mass is 32.2. The Morgan fingerprint density at radius 2 is 2.17 bits per heavy atom. The van der Waals surface area contributed by atoms with Crippen molar-refractivity contribution in [2.75, 3.05) is 12.3 Å². The van der Waals surface area contributed by atoms with Crippen LogP contribution in [0.3, 0.4) is 0 Å². The summed E-state index contributed by atoms with van der Waals surface area (Å²) < 4.78 is 11.0. The minimum Gasteiger partial charge on any atom is -0.481 e. The average molecular weight is 333 g/mol. The molecule has 1 amide bonds. The molecule has 23 heavy (non-hydrogen) atoms. The third kappa shape index (κ3) is 5.67. The minimum atomic E-state index is -0.509. The van der Waals surface area contributed by atoms with Crippen LogP contribution >= 0.6 is 11.8 Å². The molecule has 0 fully saturated rings. The Labute approximate surface area is 141 Å². The molecular weight excluding hydrogens is 310 g/mol. The van der Waals surface area contributed by atoms with E-state index in [4.69, 9.17) is 9.15 Å². The van der Waals surface area contributed by atoms with Crippen LogP contribution in [0.4, 0.5) is 0 Å². The zero-order chi connectivity index (χ0) is 16.7. The molecule has 1 heterocycles. The van der Waals surface area contributed by atoms with Crippen LogP contribution in [0.1, 0.15) is 23.8 Å². The number of carbonyl (C=O) groups is 1. The Hall–Kier alpha value is -1.88. The smallest absolute Gasteiger partial charge is 0.260 e. The Morgan fingerprint density at radius 1 is 1.35 bits per heavy atom. The van der Waals surface area contributed by atoms with Crippen molar-refractivity contribution in [3.63, 3.8) is 0 Å². The van der Waals surface area contributed by atoms with Crippen LogP contribution in [0.5, 0.6) is 5.75 Å². The molecule has 1 N–H and O–H groups in total. The summed E-state index contributed by atoms with van der Waals surface area (Å²) >= 11 is 1.72. The predicted molar refractivity (Wildman–Crippen MR) is 93.9 cm³/mol. The second-order valence-corrected chi connectivity index (χ2v) is 6.56. The molecule has 2 aromatic rings. The van der Waals surface area contributed by atoms with Crippen molar-refractivity contribution < 1.29 is 13.9 Å². The first-order valence-corrected chi connectivity index (χ1v) is 8.83. The van der Waals surface area contributed by atoms with Crippen LogP contribution in [0, 0.1) is 13.8 Å². The number of hydrogen-bond donors (Lipinski definition) is 1. The van der Waals surface area contributed by atoms with Crippen molar-refractivity contribution in [3.8, 4) is 5.75 Å². The number of rotatable bonds is 8. The lowest BCUT2D eigenvalue weighted by Crippen LogP contribution is -2.37. The zero-order valence-corrected chi connectivity index (χ0v) is 14.6. The van der Waals surface area contributed by atoms with Gasteiger partial charge < -0.3 is 14.5 Å². The molecule has 0 aliphatic heterocycles. The zero-order valence-electron chi connectivity index (χ0n) is 13.8. The van der Waals surface area contributed by atoms with Gasteiger partial charge in [-0.15, -0.1) is 0 Å². The van der Waals surface area contributed by atoms with Gasteiger partial charge in [0.05, 0.1) is 12.0 Å². The SMILES string of the molecule is Cc1ccc(C)c(O[C@H](C)C(=O)NCCSCc2ccco2)c1. The van der Waals surface area contributed by atoms with E-state index >= 15 is 0 Å². The summed E-state index contributed by atoms with van der Waals surface area (Å²) in [6.45, 7) is 6.37. The average Bonchev–Trinajstić information content (AvgIpc) is 3.03. The molecule has 2 rings (SSSR count). The minimum absolute atomic E-state index is 0.0931. The van der Waals surface area contributed by atoms with E-state index in [2.05, 4.69) is 5.32 Å². The number of benzene rings is 1. The monoisotopic (exact) mass is 333 g/mol. The van der Waals surface area contributed by atoms with E-state index in [1.165, 1.54) is 0 Å². The first-order chi connectivity index (χ1) is 11.1. The number of ether oxygens (including phenoxy) is 1. The third-order valence-electron chi connectivity index (χ3n) is 3.39. The van der Waals surface area contributed by atoms with E-state index < -0.39 is 6.10 Å². The molecule has 0 aliphatic rings. The summed E-state index contributed by atoms with van der Waals surface area (Å²) in [4.78, 5) is 12.1. The Balaban J connectivity index is 1.69. The molecule has 1 aromatic carbocycles. The van der Waals surface area contributed by atoms with E-state index in [1.54, 1.807) is 24.9 Å². The van der Waals surface area contributed by atoms with Crippen LogP contribution in [-0.2, 0) is 10.5 Å². The maximum atomic E-state index is 12.1. The fourth-order valence-corrected chi connectivity index (χ4v) is 2.79. The summed E-state index contributed by atoms with van der Waals surface area (Å²) in [5.74, 6) is 3.28. The van der Waals surface area contributed by atoms with Gasteiger partial charge in [-0.2, -0.15) is 11.8 Å². The number of thioether (sulfide) groups is 1. The Bertz CT molecular complexity index is 625. The lowest BCUT2D eigenvalue weighted by molar-refractivity contribution is -0.127. The molecule has 5 heteroatoms. The molecule has 0 aliphatic carbocycles. The largest absolute Gasteiger partial charge is 0.481 e. The maximum Gasteiger partial charge on any atom is 0.260 e. The number of aryl methyl sites for hydroxylation is 2. The van der Waals surface area contributed by atoms with Gasteiger partial charge in [0.2, 0.25) is 0 Å². The molecule has 0 unspecified atom stereocenters. The van der Waals surface area contributed by atoms with Crippen LogP contribution in [0.15, 0.2) is 41.0 Å². The number of amides is 1. The Kier molecular flexibility index (Phi) is 6.59. The highest BCUT2D eigenvalue weighted by Gasteiger charge is 2.15. The van der Waals surface area contributed by atoms with E-state index in [0.29, 0.717) is 6.54 Å². The summed E-state index contributed by atoms with van der Waals surface area (Å²) in [6, 6.07) is 9.82. The van der Waals surface area contributed by atoms with Gasteiger partial charge >= 0.3 is 0 Å². The second-order valence-electron chi connectivity index (χ2n) is 5.45. The quantitative estimate of drug-likeness (QED) is 0.748. The number of nitrogens with one attached hydrogen (secondary N) is 1. The van der Waals surface area contributed by atoms with E-state index in [0.717, 1.165) is 34.1 Å². The second kappa shape index (κ2) is 8.67. The van der Waals surface area contributed by atoms with E-state index in [9.17, 15) is 4.79 Å². The maximum absolute atomic E-state index is 12.1. The van der Waals surface area contributed by atoms with Gasteiger partial charge in [-0.05, 0) is 50.1 Å². The van der Waals surface area contributed by atoms with Crippen molar-refractivity contribution in [2.45, 2.75) is 32.6 Å². The molecular formula is C18H23NO3S. The van der Waals surface area contributed by atoms with Crippen molar-refractivity contribution >= 4 is 17.7 Å². The van der Waals surface area contributed by atoms with Gasteiger partial charge in [0, 0.05) is 12.3 Å². The predicted octanol–water partition coefficient (Wildman–Crippen LogP) is 3.71. The normalized spacial score (nSPS) is 12.0. The third-order valence-corrected chi connectivity index (χ3v) is 4.37. The fraction of sp³-hybridized carbons (Fsp3) is 0.389. The van der Waals surface area contributed by atoms with Gasteiger partial charge in [0.25, 0.3) is 5.91 Å². The summed E-state index contributed by atoms with van der Waals surface area (Å²) in [6.07, 6.45) is 1.16. The number of hydrogen-bond acceptors (Lipinski definition) is 4. The van der Waals surface area contributed by atoms with E-state index in [1.807, 2.05) is 44.2 Å². The van der Waals surface area contributed by atoms with Crippen molar-refractivity contribution in [3.05, 3.63) is 53.5 Å². The highest BCUT2D eigenvalue weighted by molar-refractivity contribution is 7.98. The van der Waals surface area contributed by atoms with Crippen LogP contribution in [0.25, 0.3) is 0 Å². The van der Waals surface area contributed by atoms with Gasteiger partial charge in [0.1, 0.15) is 11.5 Å². The molecule has 0 saturated carbocycles. The Morgan fingerprint density at radius 3 is 2.91 bits per heavy atom. The molecule has 0 saturated heterocycles. The molecule has 124 valence electrons. The molecule has 0 spiro atoms. The standard InChI is InChI=1S/C18H23NO3S/c1-13-6-7-14(2)17(11-13)22-15(3)18(20)19-8-10-23-12-16-5-4-9-21-16/h4-7,9,11,15H,8,10,12H2,1-3H3,(H,19,20)/t15-/m1/s1. The number of carbonyl (C=O) groups excluding carboxylic acids is 1. The molecule has 1 aromatic heterocycles. The fourth-order valence-electron chi connectivity index (χ4n) is 2.04. The van der Waals surface area contributed by atoms with Gasteiger partial charge in [-0.3, -0.25) is 4.79 Å². The van der Waals surface area contributed by atoms with Gasteiger partial charge in [-0.1, -0.05) is 12.1 Å². The van der Waals surface area contributed by atoms with Gasteiger partial charge in [-0.25, -0.2) is 0 Å². The molecule has 4 nitrogen and oxygen atoms in total. The molecule has 1 atom stereocenters. The summed E-state index contributed by atoms with van der Waals surface area (Å²) in [7, 11) is 0. The summed E-state index contributed by atoms with van der Waals surface area (Å²) in [5, 5.41) is 2.90. The van der Waals surface area contributed by atoms with Crippen molar-refractivity contribution in [1.29, 1.82) is 0 Å². The number of furan rings is 1. The van der Waals surface area contributed by atoms with Crippen molar-refractivity contribution in [2.24, 2.45) is 0 Å². The first-order valence-electron chi connectivity index (χ1n) is 7.68. The first kappa shape index (κ1) is 17.5. The van der Waals surface area contributed by atoms with Crippen LogP contribution in [-0.4, -0.2) is 24.3 Å². The van der Waals surface area contributed by atoms with Crippen LogP contribution in [0.2, 0.25) is 0 Å². The molecule has 0 radical (unpaired) electrons. The van der Waals surface area contributed by atoms with E-state index in [-0.39, 0.29) is 5.91 Å². The summed E-state index contributed by atoms with van der Waals surface area (Å²) in [5.41, 5.74) is 2.15. The molecule has 0 bridgehead atoms. The van der Waals surface area contributed by atoms with Crippen molar-refractivity contribution in [1.82, 2.24) is 5.32 Å². The van der Waals surface area contributed by atoms with Gasteiger partial charge in [0.15, 0.2) is 6.10 Å². The lowest BCUT2D eigenvalue weighted by Gasteiger charge is -2.16. The lowest BCUT2D eigenvalue weighted by atomic mass is 10.1. The van der Waals surface area contributed by atoms with Crippen LogP contribution < -0.4 is 10.1 Å². The highest BCUT2D eigenvalue weighted by Crippen LogP contribution is 2.20.